The van der Waals surface area contributed by atoms with Crippen molar-refractivity contribution in [3.63, 3.8) is 0 Å². The summed E-state index contributed by atoms with van der Waals surface area (Å²) >= 11 is 0. The highest BCUT2D eigenvalue weighted by molar-refractivity contribution is 5.28. The van der Waals surface area contributed by atoms with Crippen molar-refractivity contribution in [3.05, 3.63) is 29.8 Å². The van der Waals surface area contributed by atoms with Crippen molar-refractivity contribution >= 4 is 0 Å². The molecule has 1 aromatic rings. The van der Waals surface area contributed by atoms with E-state index in [1.54, 1.807) is 12.1 Å². The van der Waals surface area contributed by atoms with Gasteiger partial charge in [-0.05, 0) is 49.3 Å². The SMILES string of the molecule is CC1CCC(C#N)(Cc2ccc(O)cc2)C1. The lowest BCUT2D eigenvalue weighted by Gasteiger charge is -2.20. The summed E-state index contributed by atoms with van der Waals surface area (Å²) < 4.78 is 0. The van der Waals surface area contributed by atoms with Crippen molar-refractivity contribution in [2.24, 2.45) is 11.3 Å². The molecule has 0 saturated heterocycles. The van der Waals surface area contributed by atoms with Gasteiger partial charge in [0.2, 0.25) is 0 Å². The van der Waals surface area contributed by atoms with Crippen LogP contribution in [0.2, 0.25) is 0 Å². The normalized spacial score (nSPS) is 28.9. The number of phenols is 1. The van der Waals surface area contributed by atoms with E-state index in [2.05, 4.69) is 13.0 Å². The average molecular weight is 215 g/mol. The summed E-state index contributed by atoms with van der Waals surface area (Å²) in [5.41, 5.74) is 0.976. The van der Waals surface area contributed by atoms with E-state index in [9.17, 15) is 10.4 Å². The molecule has 0 aliphatic heterocycles. The molecule has 1 aromatic carbocycles. The number of aromatic hydroxyl groups is 1. The van der Waals surface area contributed by atoms with Crippen molar-refractivity contribution in [2.75, 3.05) is 0 Å². The second-order valence-corrected chi connectivity index (χ2v) is 5.08. The number of rotatable bonds is 2. The zero-order chi connectivity index (χ0) is 11.6. The molecular formula is C14H17NO. The number of nitriles is 1. The molecule has 1 saturated carbocycles. The van der Waals surface area contributed by atoms with Crippen molar-refractivity contribution < 1.29 is 5.11 Å². The van der Waals surface area contributed by atoms with Gasteiger partial charge in [0.15, 0.2) is 0 Å². The third kappa shape index (κ3) is 2.19. The van der Waals surface area contributed by atoms with E-state index >= 15 is 0 Å². The van der Waals surface area contributed by atoms with Gasteiger partial charge in [-0.25, -0.2) is 0 Å². The van der Waals surface area contributed by atoms with Crippen molar-refractivity contribution in [2.45, 2.75) is 32.6 Å². The minimum absolute atomic E-state index is 0.170. The third-order valence-corrected chi connectivity index (χ3v) is 3.57. The Morgan fingerprint density at radius 2 is 2.12 bits per heavy atom. The van der Waals surface area contributed by atoms with Gasteiger partial charge in [-0.1, -0.05) is 19.1 Å². The van der Waals surface area contributed by atoms with Gasteiger partial charge < -0.3 is 5.11 Å². The molecule has 2 nitrogen and oxygen atoms in total. The molecule has 0 radical (unpaired) electrons. The lowest BCUT2D eigenvalue weighted by atomic mass is 9.81. The van der Waals surface area contributed by atoms with Gasteiger partial charge in [0.25, 0.3) is 0 Å². The van der Waals surface area contributed by atoms with Crippen molar-refractivity contribution in [1.82, 2.24) is 0 Å². The highest BCUT2D eigenvalue weighted by Gasteiger charge is 2.37. The topological polar surface area (TPSA) is 44.0 Å². The number of benzene rings is 1. The third-order valence-electron chi connectivity index (χ3n) is 3.57. The molecule has 0 heterocycles. The fourth-order valence-electron chi connectivity index (χ4n) is 2.70. The molecule has 2 rings (SSSR count). The van der Waals surface area contributed by atoms with Crippen LogP contribution in [0.1, 0.15) is 31.7 Å². The van der Waals surface area contributed by atoms with E-state index in [1.165, 1.54) is 0 Å². The first kappa shape index (κ1) is 11.0. The second-order valence-electron chi connectivity index (χ2n) is 5.08. The molecule has 1 aliphatic rings. The summed E-state index contributed by atoms with van der Waals surface area (Å²) in [4.78, 5) is 0. The van der Waals surface area contributed by atoms with Crippen LogP contribution < -0.4 is 0 Å². The Kier molecular flexibility index (Phi) is 2.87. The first-order valence-electron chi connectivity index (χ1n) is 5.83. The van der Waals surface area contributed by atoms with Gasteiger partial charge in [0.1, 0.15) is 5.75 Å². The number of hydrogen-bond acceptors (Lipinski definition) is 2. The van der Waals surface area contributed by atoms with Crippen LogP contribution in [0, 0.1) is 22.7 Å². The Morgan fingerprint density at radius 1 is 1.44 bits per heavy atom. The first-order valence-corrected chi connectivity index (χ1v) is 5.83. The molecular weight excluding hydrogens is 198 g/mol. The molecule has 1 N–H and O–H groups in total. The van der Waals surface area contributed by atoms with Crippen LogP contribution in [0.3, 0.4) is 0 Å². The highest BCUT2D eigenvalue weighted by Crippen LogP contribution is 2.43. The summed E-state index contributed by atoms with van der Waals surface area (Å²) in [6.07, 6.45) is 3.98. The predicted octanol–water partition coefficient (Wildman–Crippen LogP) is 3.26. The Labute approximate surface area is 96.5 Å². The van der Waals surface area contributed by atoms with E-state index < -0.39 is 0 Å². The molecule has 84 valence electrons. The van der Waals surface area contributed by atoms with E-state index in [4.69, 9.17) is 0 Å². The molecule has 16 heavy (non-hydrogen) atoms. The van der Waals surface area contributed by atoms with Crippen molar-refractivity contribution in [1.29, 1.82) is 5.26 Å². The molecule has 0 amide bonds. The number of nitrogens with zero attached hydrogens (tertiary/aromatic N) is 1. The van der Waals surface area contributed by atoms with Gasteiger partial charge in [0.05, 0.1) is 11.5 Å². The van der Waals surface area contributed by atoms with Gasteiger partial charge >= 0.3 is 0 Å². The second kappa shape index (κ2) is 4.17. The fraction of sp³-hybridized carbons (Fsp3) is 0.500. The number of hydrogen-bond donors (Lipinski definition) is 1. The van der Waals surface area contributed by atoms with Crippen molar-refractivity contribution in [3.8, 4) is 11.8 Å². The van der Waals surface area contributed by atoms with E-state index in [1.807, 2.05) is 12.1 Å². The van der Waals surface area contributed by atoms with Gasteiger partial charge in [0, 0.05) is 0 Å². The maximum absolute atomic E-state index is 9.35. The molecule has 2 unspecified atom stereocenters. The monoisotopic (exact) mass is 215 g/mol. The van der Waals surface area contributed by atoms with Crippen LogP contribution in [-0.2, 0) is 6.42 Å². The van der Waals surface area contributed by atoms with Crippen LogP contribution in [0.4, 0.5) is 0 Å². The highest BCUT2D eigenvalue weighted by atomic mass is 16.3. The quantitative estimate of drug-likeness (QED) is 0.822. The Balaban J connectivity index is 2.14. The van der Waals surface area contributed by atoms with Crippen LogP contribution in [-0.4, -0.2) is 5.11 Å². The molecule has 2 atom stereocenters. The maximum atomic E-state index is 9.35. The average Bonchev–Trinajstić information content (AvgIpc) is 2.64. The zero-order valence-corrected chi connectivity index (χ0v) is 9.61. The van der Waals surface area contributed by atoms with Gasteiger partial charge in [-0.2, -0.15) is 5.26 Å². The molecule has 1 fully saturated rings. The van der Waals surface area contributed by atoms with Crippen LogP contribution in [0.5, 0.6) is 5.75 Å². The van der Waals surface area contributed by atoms with E-state index in [-0.39, 0.29) is 11.2 Å². The summed E-state index contributed by atoms with van der Waals surface area (Å²) in [7, 11) is 0. The van der Waals surface area contributed by atoms with Crippen LogP contribution in [0.15, 0.2) is 24.3 Å². The van der Waals surface area contributed by atoms with Gasteiger partial charge in [-0.3, -0.25) is 0 Å². The minimum Gasteiger partial charge on any atom is -0.508 e. The van der Waals surface area contributed by atoms with Crippen LogP contribution in [0.25, 0.3) is 0 Å². The molecule has 0 aromatic heterocycles. The smallest absolute Gasteiger partial charge is 0.115 e. The summed E-state index contributed by atoms with van der Waals surface area (Å²) in [6, 6.07) is 9.72. The molecule has 0 bridgehead atoms. The zero-order valence-electron chi connectivity index (χ0n) is 9.61. The number of phenolic OH excluding ortho intramolecular Hbond substituents is 1. The maximum Gasteiger partial charge on any atom is 0.115 e. The summed E-state index contributed by atoms with van der Waals surface area (Å²) in [5, 5.41) is 18.6. The summed E-state index contributed by atoms with van der Waals surface area (Å²) in [6.45, 7) is 2.22. The first-order chi connectivity index (χ1) is 7.63. The molecule has 0 spiro atoms. The minimum atomic E-state index is -0.170. The predicted molar refractivity (Wildman–Crippen MR) is 62.9 cm³/mol. The Hall–Kier alpha value is -1.49. The summed E-state index contributed by atoms with van der Waals surface area (Å²) in [5.74, 6) is 0.950. The van der Waals surface area contributed by atoms with Gasteiger partial charge in [-0.15, -0.1) is 0 Å². The lowest BCUT2D eigenvalue weighted by molar-refractivity contribution is 0.391. The Morgan fingerprint density at radius 3 is 2.62 bits per heavy atom. The molecule has 2 heteroatoms. The fourth-order valence-corrected chi connectivity index (χ4v) is 2.70. The standard InChI is InChI=1S/C14H17NO/c1-11-6-7-14(8-11,10-15)9-12-2-4-13(16)5-3-12/h2-5,11,16H,6-9H2,1H3. The van der Waals surface area contributed by atoms with E-state index in [0.29, 0.717) is 5.92 Å². The molecule has 1 aliphatic carbocycles. The largest absolute Gasteiger partial charge is 0.508 e. The van der Waals surface area contributed by atoms with E-state index in [0.717, 1.165) is 31.2 Å². The van der Waals surface area contributed by atoms with Crippen LogP contribution >= 0.6 is 0 Å². The Bertz CT molecular complexity index is 404. The lowest BCUT2D eigenvalue weighted by Crippen LogP contribution is -2.17.